The van der Waals surface area contributed by atoms with Gasteiger partial charge < -0.3 is 77.6 Å². The third-order valence-electron chi connectivity index (χ3n) is 9.18. The molecule has 1 amide bonds. The first-order valence-corrected chi connectivity index (χ1v) is 21.6. The summed E-state index contributed by atoms with van der Waals surface area (Å²) in [5.41, 5.74) is 29.0. The van der Waals surface area contributed by atoms with Gasteiger partial charge in [0.05, 0.1) is 48.7 Å². The number of aliphatic imine (C=N–C) groups is 1. The Labute approximate surface area is 393 Å². The lowest BCUT2D eigenvalue weighted by molar-refractivity contribution is -0.485. The highest BCUT2D eigenvalue weighted by Gasteiger charge is 2.24. The first kappa shape index (κ1) is 60.5. The predicted molar refractivity (Wildman–Crippen MR) is 256 cm³/mol. The third-order valence-corrected chi connectivity index (χ3v) is 9.18. The minimum Gasteiger partial charge on any atom is -0.493 e. The van der Waals surface area contributed by atoms with E-state index in [-0.39, 0.29) is 36.1 Å². The number of carboxylic acids is 1. The van der Waals surface area contributed by atoms with Crippen molar-refractivity contribution in [3.63, 3.8) is 0 Å². The summed E-state index contributed by atoms with van der Waals surface area (Å²) >= 11 is 0. The van der Waals surface area contributed by atoms with Crippen molar-refractivity contribution in [2.75, 3.05) is 55.7 Å². The predicted octanol–water partition coefficient (Wildman–Crippen LogP) is 3.45. The molecule has 0 spiro atoms. The van der Waals surface area contributed by atoms with E-state index in [9.17, 15) is 24.5 Å². The van der Waals surface area contributed by atoms with E-state index in [0.717, 1.165) is 30.4 Å². The molecule has 0 aliphatic rings. The number of methoxy groups -OCH3 is 6. The van der Waals surface area contributed by atoms with Crippen LogP contribution in [0.25, 0.3) is 0 Å². The van der Waals surface area contributed by atoms with Gasteiger partial charge in [0.25, 0.3) is 5.96 Å². The Kier molecular flexibility index (Phi) is 29.1. The molecule has 2 aromatic carbocycles. The summed E-state index contributed by atoms with van der Waals surface area (Å²) in [6.45, 7) is 9.86. The number of carboxylic acid groups (broad SMARTS) is 1. The topological polar surface area (TPSA) is 358 Å². The lowest BCUT2D eigenvalue weighted by atomic mass is 9.92. The number of aliphatic carboxylic acids is 1. The average molecular weight is 953 g/mol. The number of amides is 1. The number of alkyl carbamates (subject to hydrolysis) is 1. The standard InChI is InChI=1S/C20H34N4O4.C12H23N5O6.C12H19NO3/c1-13(10-16(25)15(21)7-5-6-8-24-20(22)23)9-14-11-17(26-2)19(28-4)18(12-14)27-3;1-12(2,3)23-11(20)15-8(9(18)19)6-4-5-7-14-10(13)16-17(21)22;1-8(13)5-9-6-10(14-2)12(16-4)11(7-9)15-3/h11-13,15H,5-10,21H2,1-4H3,(H4,22,23,24);8H,4-7H2,1-3H3,(H,15,20)(H,18,19)(H3,13,14,16);6-8H,5,13H2,1-4H3. The summed E-state index contributed by atoms with van der Waals surface area (Å²) in [5, 5.41) is 25.8. The zero-order chi connectivity index (χ0) is 51.3. The lowest BCUT2D eigenvalue weighted by Gasteiger charge is -2.22. The second-order valence-electron chi connectivity index (χ2n) is 16.3. The van der Waals surface area contributed by atoms with Crippen molar-refractivity contribution in [1.82, 2.24) is 10.6 Å². The van der Waals surface area contributed by atoms with Gasteiger partial charge in [-0.15, -0.1) is 0 Å². The lowest BCUT2D eigenvalue weighted by Crippen LogP contribution is -2.43. The molecule has 23 heteroatoms. The van der Waals surface area contributed by atoms with Crippen LogP contribution < -0.4 is 67.7 Å². The zero-order valence-electron chi connectivity index (χ0n) is 41.0. The highest BCUT2D eigenvalue weighted by molar-refractivity contribution is 5.84. The van der Waals surface area contributed by atoms with E-state index in [0.29, 0.717) is 79.7 Å². The number of nitro groups is 1. The Morgan fingerprint density at radius 1 is 0.761 bits per heavy atom. The maximum Gasteiger partial charge on any atom is 0.408 e. The smallest absolute Gasteiger partial charge is 0.408 e. The number of hydrogen-bond acceptors (Lipinski definition) is 15. The first-order valence-electron chi connectivity index (χ1n) is 21.6. The summed E-state index contributed by atoms with van der Waals surface area (Å²) in [6, 6.07) is 6.23. The van der Waals surface area contributed by atoms with E-state index in [1.165, 1.54) is 0 Å². The van der Waals surface area contributed by atoms with E-state index in [1.807, 2.05) is 38.1 Å². The van der Waals surface area contributed by atoms with Gasteiger partial charge >= 0.3 is 12.1 Å². The number of nitrogens with zero attached hydrogens (tertiary/aromatic N) is 3. The van der Waals surface area contributed by atoms with Crippen molar-refractivity contribution >= 4 is 29.8 Å². The quantitative estimate of drug-likeness (QED) is 0.0220. The summed E-state index contributed by atoms with van der Waals surface area (Å²) in [4.78, 5) is 49.0. The van der Waals surface area contributed by atoms with Gasteiger partial charge in [0.2, 0.25) is 11.5 Å². The van der Waals surface area contributed by atoms with Crippen molar-refractivity contribution in [2.24, 2.45) is 44.7 Å². The summed E-state index contributed by atoms with van der Waals surface area (Å²) < 4.78 is 36.8. The molecule has 0 heterocycles. The molecule has 0 radical (unpaired) electrons. The highest BCUT2D eigenvalue weighted by Crippen LogP contribution is 2.39. The van der Waals surface area contributed by atoms with Gasteiger partial charge in [-0.3, -0.25) is 9.79 Å². The van der Waals surface area contributed by atoms with Gasteiger partial charge in [-0.1, -0.05) is 6.92 Å². The summed E-state index contributed by atoms with van der Waals surface area (Å²) in [6.07, 6.45) is 4.48. The molecule has 0 bridgehead atoms. The van der Waals surface area contributed by atoms with Gasteiger partial charge in [0.15, 0.2) is 34.0 Å². The normalized spacial score (nSPS) is 12.7. The molecule has 0 aromatic heterocycles. The van der Waals surface area contributed by atoms with Crippen LogP contribution in [0.4, 0.5) is 4.79 Å². The van der Waals surface area contributed by atoms with Crippen molar-refractivity contribution in [3.8, 4) is 34.5 Å². The Bertz CT molecular complexity index is 1840. The number of unbranched alkanes of at least 4 members (excludes halogenated alkanes) is 2. The molecule has 23 nitrogen and oxygen atoms in total. The molecule has 67 heavy (non-hydrogen) atoms. The number of guanidine groups is 2. The Balaban J connectivity index is 0.00000101. The van der Waals surface area contributed by atoms with E-state index >= 15 is 0 Å². The zero-order valence-corrected chi connectivity index (χ0v) is 41.0. The van der Waals surface area contributed by atoms with Gasteiger partial charge in [0, 0.05) is 25.6 Å². The molecule has 4 atom stereocenters. The maximum absolute atomic E-state index is 12.4. The monoisotopic (exact) mass is 953 g/mol. The number of hydrazone groups is 1. The molecule has 0 saturated heterocycles. The van der Waals surface area contributed by atoms with Crippen molar-refractivity contribution < 1.29 is 57.7 Å². The molecular formula is C44H76N10O13. The Hall–Kier alpha value is -6.49. The number of ether oxygens (including phenoxy) is 7. The Morgan fingerprint density at radius 3 is 1.64 bits per heavy atom. The van der Waals surface area contributed by atoms with Gasteiger partial charge in [-0.2, -0.15) is 0 Å². The van der Waals surface area contributed by atoms with Crippen LogP contribution in [-0.4, -0.2) is 119 Å². The number of Topliss-reactive ketones (excluding diaryl/α,β-unsaturated/α-hetero) is 1. The molecule has 2 aromatic rings. The van der Waals surface area contributed by atoms with Crippen LogP contribution in [0.2, 0.25) is 0 Å². The van der Waals surface area contributed by atoms with Crippen LogP contribution in [0.1, 0.15) is 90.7 Å². The number of nitrogens with one attached hydrogen (secondary N) is 2. The van der Waals surface area contributed by atoms with Gasteiger partial charge in [-0.25, -0.2) is 19.7 Å². The van der Waals surface area contributed by atoms with Crippen LogP contribution in [-0.2, 0) is 27.2 Å². The summed E-state index contributed by atoms with van der Waals surface area (Å²) in [7, 11) is 9.53. The van der Waals surface area contributed by atoms with Crippen LogP contribution in [0.15, 0.2) is 34.4 Å². The Morgan fingerprint density at radius 2 is 1.24 bits per heavy atom. The maximum atomic E-state index is 12.4. The van der Waals surface area contributed by atoms with Crippen molar-refractivity contribution in [1.29, 1.82) is 0 Å². The third kappa shape index (κ3) is 26.3. The molecule has 0 aliphatic heterocycles. The SMILES string of the molecule is CC(C)(C)OC(=O)NC(CCCCN/C(N)=N/[N+](=O)[O-])C(=O)O.COc1cc(CC(C)CC(=O)C(N)CCCCN=C(N)N)cc(OC)c1OC.COc1cc(CC(C)N)cc(OC)c1OC. The van der Waals surface area contributed by atoms with Crippen LogP contribution in [0.5, 0.6) is 34.5 Å². The van der Waals surface area contributed by atoms with E-state index in [4.69, 9.17) is 66.9 Å². The van der Waals surface area contributed by atoms with Gasteiger partial charge in [0.1, 0.15) is 22.5 Å². The summed E-state index contributed by atoms with van der Waals surface area (Å²) in [5.74, 6) is 2.51. The highest BCUT2D eigenvalue weighted by atomic mass is 16.7. The molecule has 0 fully saturated rings. The molecular weight excluding hydrogens is 877 g/mol. The van der Waals surface area contributed by atoms with E-state index in [2.05, 4.69) is 20.7 Å². The fourth-order valence-electron chi connectivity index (χ4n) is 6.21. The fraction of sp³-hybridized carbons (Fsp3) is 0.614. The average Bonchev–Trinajstić information content (AvgIpc) is 3.23. The largest absolute Gasteiger partial charge is 0.493 e. The van der Waals surface area contributed by atoms with E-state index < -0.39 is 34.8 Å². The van der Waals surface area contributed by atoms with Crippen molar-refractivity contribution in [3.05, 3.63) is 45.5 Å². The van der Waals surface area contributed by atoms with E-state index in [1.54, 1.807) is 63.4 Å². The molecule has 13 N–H and O–H groups in total. The minimum absolute atomic E-state index is 0.0711. The number of nitrogens with two attached hydrogens (primary N) is 5. The number of carbonyl (C=O) groups is 3. The molecule has 0 saturated carbocycles. The molecule has 4 unspecified atom stereocenters. The van der Waals surface area contributed by atoms with Crippen LogP contribution in [0.3, 0.4) is 0 Å². The fourth-order valence-corrected chi connectivity index (χ4v) is 6.21. The number of rotatable bonds is 26. The van der Waals surface area contributed by atoms with Crippen LogP contribution in [0, 0.1) is 16.0 Å². The first-order chi connectivity index (χ1) is 31.4. The number of ketones is 1. The molecule has 2 rings (SSSR count). The number of carbonyl (C=O) groups excluding carboxylic acids is 2. The van der Waals surface area contributed by atoms with Gasteiger partial charge in [-0.05, 0) is 120 Å². The van der Waals surface area contributed by atoms with Crippen LogP contribution >= 0.6 is 0 Å². The minimum atomic E-state index is -1.17. The number of hydrogen-bond donors (Lipinski definition) is 8. The second kappa shape index (κ2) is 32.2. The second-order valence-corrected chi connectivity index (χ2v) is 16.3. The molecule has 380 valence electrons. The van der Waals surface area contributed by atoms with Crippen molar-refractivity contribution in [2.45, 2.75) is 116 Å². The molecule has 0 aliphatic carbocycles. The number of benzene rings is 2.